The van der Waals surface area contributed by atoms with E-state index >= 15 is 0 Å². The second-order valence-electron chi connectivity index (χ2n) is 4.76. The van der Waals surface area contributed by atoms with Crippen molar-refractivity contribution in [3.63, 3.8) is 0 Å². The van der Waals surface area contributed by atoms with Crippen LogP contribution in [0, 0.1) is 5.92 Å². The molecule has 8 nitrogen and oxygen atoms in total. The number of likely N-dealkylation sites (N-methyl/N-ethyl adjacent to an activating group) is 1. The van der Waals surface area contributed by atoms with E-state index in [0.29, 0.717) is 6.61 Å². The van der Waals surface area contributed by atoms with Crippen molar-refractivity contribution < 1.29 is 24.2 Å². The first-order chi connectivity index (χ1) is 9.38. The Morgan fingerprint density at radius 1 is 1.35 bits per heavy atom. The van der Waals surface area contributed by atoms with Crippen LogP contribution in [0.4, 0.5) is 4.79 Å². The number of amides is 3. The average Bonchev–Trinajstić information content (AvgIpc) is 2.45. The third kappa shape index (κ3) is 3.83. The molecule has 8 heteroatoms. The maximum absolute atomic E-state index is 12.2. The van der Waals surface area contributed by atoms with Crippen molar-refractivity contribution >= 4 is 17.9 Å². The predicted molar refractivity (Wildman–Crippen MR) is 70.2 cm³/mol. The monoisotopic (exact) mass is 287 g/mol. The number of urea groups is 1. The summed E-state index contributed by atoms with van der Waals surface area (Å²) in [5.74, 6) is -2.00. The van der Waals surface area contributed by atoms with Crippen molar-refractivity contribution in [3.8, 4) is 0 Å². The van der Waals surface area contributed by atoms with E-state index in [2.05, 4.69) is 10.6 Å². The van der Waals surface area contributed by atoms with Gasteiger partial charge in [-0.15, -0.1) is 0 Å². The zero-order valence-corrected chi connectivity index (χ0v) is 11.9. The Hall–Kier alpha value is -1.83. The fraction of sp³-hybridized carbons (Fsp3) is 0.750. The number of carbonyl (C=O) groups excluding carboxylic acids is 2. The molecule has 0 aromatic carbocycles. The highest BCUT2D eigenvalue weighted by atomic mass is 16.5. The molecule has 0 saturated carbocycles. The molecule has 20 heavy (non-hydrogen) atoms. The Morgan fingerprint density at radius 2 is 2.00 bits per heavy atom. The van der Waals surface area contributed by atoms with Gasteiger partial charge in [0.2, 0.25) is 5.91 Å². The number of carboxylic acid groups (broad SMARTS) is 1. The predicted octanol–water partition coefficient (Wildman–Crippen LogP) is -0.748. The normalized spacial score (nSPS) is 21.8. The van der Waals surface area contributed by atoms with Gasteiger partial charge in [0.15, 0.2) is 0 Å². The number of nitrogens with zero attached hydrogens (tertiary/aromatic N) is 1. The van der Waals surface area contributed by atoms with Crippen LogP contribution in [0.2, 0.25) is 0 Å². The van der Waals surface area contributed by atoms with Gasteiger partial charge in [0.05, 0.1) is 19.1 Å². The molecule has 1 saturated heterocycles. The Morgan fingerprint density at radius 3 is 2.55 bits per heavy atom. The van der Waals surface area contributed by atoms with Gasteiger partial charge in [0.25, 0.3) is 0 Å². The summed E-state index contributed by atoms with van der Waals surface area (Å²) in [4.78, 5) is 36.1. The summed E-state index contributed by atoms with van der Waals surface area (Å²) in [5.41, 5.74) is 0. The topological polar surface area (TPSA) is 108 Å². The van der Waals surface area contributed by atoms with Crippen LogP contribution in [-0.2, 0) is 14.3 Å². The SMILES string of the molecule is CNC(=O)C1COCCN1C(=O)NC(C)C(C)C(=O)O. The van der Waals surface area contributed by atoms with Crippen LogP contribution in [0.3, 0.4) is 0 Å². The van der Waals surface area contributed by atoms with Crippen LogP contribution in [0.25, 0.3) is 0 Å². The Bertz CT molecular complexity index is 387. The average molecular weight is 287 g/mol. The van der Waals surface area contributed by atoms with Crippen LogP contribution in [0.5, 0.6) is 0 Å². The van der Waals surface area contributed by atoms with Crippen molar-refractivity contribution in [2.75, 3.05) is 26.8 Å². The number of aliphatic carboxylic acids is 1. The Kier molecular flexibility index (Phi) is 5.75. The van der Waals surface area contributed by atoms with E-state index in [1.54, 1.807) is 6.92 Å². The van der Waals surface area contributed by atoms with Gasteiger partial charge in [0.1, 0.15) is 6.04 Å². The third-order valence-electron chi connectivity index (χ3n) is 3.43. The molecule has 1 rings (SSSR count). The van der Waals surface area contributed by atoms with E-state index in [1.165, 1.54) is 18.9 Å². The lowest BCUT2D eigenvalue weighted by Gasteiger charge is -2.35. The molecular weight excluding hydrogens is 266 g/mol. The first kappa shape index (κ1) is 16.2. The quantitative estimate of drug-likeness (QED) is 0.630. The molecule has 0 bridgehead atoms. The fourth-order valence-corrected chi connectivity index (χ4v) is 1.85. The summed E-state index contributed by atoms with van der Waals surface area (Å²) >= 11 is 0. The summed E-state index contributed by atoms with van der Waals surface area (Å²) in [6, 6.07) is -1.68. The molecule has 1 aliphatic rings. The lowest BCUT2D eigenvalue weighted by atomic mass is 10.0. The van der Waals surface area contributed by atoms with Gasteiger partial charge in [-0.2, -0.15) is 0 Å². The standard InChI is InChI=1S/C12H21N3O5/c1-7(11(17)18)8(2)14-12(19)15-4-5-20-6-9(15)10(16)13-3/h7-9H,4-6H2,1-3H3,(H,13,16)(H,14,19)(H,17,18). The first-order valence-electron chi connectivity index (χ1n) is 6.47. The van der Waals surface area contributed by atoms with Gasteiger partial charge >= 0.3 is 12.0 Å². The maximum Gasteiger partial charge on any atom is 0.318 e. The highest BCUT2D eigenvalue weighted by Crippen LogP contribution is 2.09. The first-order valence-corrected chi connectivity index (χ1v) is 6.47. The number of carbonyl (C=O) groups is 3. The van der Waals surface area contributed by atoms with Gasteiger partial charge in [0, 0.05) is 19.6 Å². The molecule has 1 heterocycles. The molecule has 0 aliphatic carbocycles. The summed E-state index contributed by atoms with van der Waals surface area (Å²) < 4.78 is 5.20. The van der Waals surface area contributed by atoms with Gasteiger partial charge in [-0.25, -0.2) is 4.79 Å². The van der Waals surface area contributed by atoms with E-state index in [4.69, 9.17) is 9.84 Å². The molecule has 0 radical (unpaired) electrons. The Labute approximate surface area is 117 Å². The van der Waals surface area contributed by atoms with Crippen molar-refractivity contribution in [2.24, 2.45) is 5.92 Å². The van der Waals surface area contributed by atoms with E-state index in [1.807, 2.05) is 0 Å². The molecule has 0 aromatic heterocycles. The minimum absolute atomic E-state index is 0.135. The lowest BCUT2D eigenvalue weighted by molar-refractivity contribution is -0.142. The lowest BCUT2D eigenvalue weighted by Crippen LogP contribution is -2.59. The molecule has 0 spiro atoms. The van der Waals surface area contributed by atoms with Crippen molar-refractivity contribution in [1.82, 2.24) is 15.5 Å². The van der Waals surface area contributed by atoms with Crippen LogP contribution < -0.4 is 10.6 Å². The van der Waals surface area contributed by atoms with Crippen molar-refractivity contribution in [2.45, 2.75) is 25.9 Å². The van der Waals surface area contributed by atoms with Crippen LogP contribution in [0.1, 0.15) is 13.8 Å². The minimum Gasteiger partial charge on any atom is -0.481 e. The molecule has 1 aliphatic heterocycles. The number of morpholine rings is 1. The molecule has 1 fully saturated rings. The van der Waals surface area contributed by atoms with E-state index in [0.717, 1.165) is 0 Å². The van der Waals surface area contributed by atoms with Crippen molar-refractivity contribution in [3.05, 3.63) is 0 Å². The summed E-state index contributed by atoms with van der Waals surface area (Å²) in [7, 11) is 1.49. The molecule has 3 unspecified atom stereocenters. The molecule has 3 amide bonds. The number of hydrogen-bond donors (Lipinski definition) is 3. The molecule has 0 aromatic rings. The van der Waals surface area contributed by atoms with E-state index < -0.39 is 30.0 Å². The summed E-state index contributed by atoms with van der Waals surface area (Å²) in [6.07, 6.45) is 0. The van der Waals surface area contributed by atoms with Crippen LogP contribution in [-0.4, -0.2) is 66.8 Å². The van der Waals surface area contributed by atoms with Crippen LogP contribution in [0.15, 0.2) is 0 Å². The van der Waals surface area contributed by atoms with Crippen molar-refractivity contribution in [1.29, 1.82) is 0 Å². The zero-order valence-electron chi connectivity index (χ0n) is 11.9. The highest BCUT2D eigenvalue weighted by Gasteiger charge is 2.33. The number of hydrogen-bond acceptors (Lipinski definition) is 4. The molecular formula is C12H21N3O5. The van der Waals surface area contributed by atoms with E-state index in [9.17, 15) is 14.4 Å². The summed E-state index contributed by atoms with van der Waals surface area (Å²) in [6.45, 7) is 3.91. The Balaban J connectivity index is 2.68. The van der Waals surface area contributed by atoms with E-state index in [-0.39, 0.29) is 19.1 Å². The number of ether oxygens (including phenoxy) is 1. The smallest absolute Gasteiger partial charge is 0.318 e. The number of rotatable bonds is 4. The summed E-state index contributed by atoms with van der Waals surface area (Å²) in [5, 5.41) is 14.0. The largest absolute Gasteiger partial charge is 0.481 e. The molecule has 3 atom stereocenters. The van der Waals surface area contributed by atoms with Gasteiger partial charge in [-0.3, -0.25) is 9.59 Å². The van der Waals surface area contributed by atoms with Gasteiger partial charge in [-0.1, -0.05) is 0 Å². The molecule has 114 valence electrons. The third-order valence-corrected chi connectivity index (χ3v) is 3.43. The minimum atomic E-state index is -0.984. The number of nitrogens with one attached hydrogen (secondary N) is 2. The van der Waals surface area contributed by atoms with Gasteiger partial charge in [-0.05, 0) is 13.8 Å². The second kappa shape index (κ2) is 7.09. The van der Waals surface area contributed by atoms with Crippen LogP contribution >= 0.6 is 0 Å². The molecule has 3 N–H and O–H groups in total. The fourth-order valence-electron chi connectivity index (χ4n) is 1.85. The zero-order chi connectivity index (χ0) is 15.3. The van der Waals surface area contributed by atoms with Gasteiger partial charge < -0.3 is 25.4 Å². The maximum atomic E-state index is 12.2. The number of carboxylic acids is 1. The highest BCUT2D eigenvalue weighted by molar-refractivity contribution is 5.87. The second-order valence-corrected chi connectivity index (χ2v) is 4.76.